The van der Waals surface area contributed by atoms with E-state index in [1.807, 2.05) is 11.8 Å². The molecule has 5 aromatic carbocycles. The zero-order valence-electron chi connectivity index (χ0n) is 37.7. The van der Waals surface area contributed by atoms with E-state index in [1.165, 1.54) is 106 Å². The Hall–Kier alpha value is -2.26. The van der Waals surface area contributed by atoms with Gasteiger partial charge in [0.2, 0.25) is 0 Å². The summed E-state index contributed by atoms with van der Waals surface area (Å²) < 4.78 is 0. The molecule has 2 radical (unpaired) electrons. The minimum absolute atomic E-state index is 0. The molecule has 0 spiro atoms. The molecule has 0 nitrogen and oxygen atoms in total. The van der Waals surface area contributed by atoms with Crippen LogP contribution in [0.25, 0.3) is 38.6 Å². The summed E-state index contributed by atoms with van der Waals surface area (Å²) in [5.41, 5.74) is 16.7. The van der Waals surface area contributed by atoms with Crippen LogP contribution in [0.4, 0.5) is 0 Å². The van der Waals surface area contributed by atoms with E-state index in [0.29, 0.717) is 11.2 Å². The van der Waals surface area contributed by atoms with Crippen LogP contribution in [0, 0.1) is 33.8 Å². The Morgan fingerprint density at radius 3 is 1.50 bits per heavy atom. The summed E-state index contributed by atoms with van der Waals surface area (Å²) >= 11 is 3.30. The van der Waals surface area contributed by atoms with E-state index in [4.69, 9.17) is 0 Å². The average molecular weight is 925 g/mol. The molecule has 0 aromatic heterocycles. The molecule has 0 fully saturated rings. The normalized spacial score (nSPS) is 14.6. The second kappa shape index (κ2) is 21.5. The van der Waals surface area contributed by atoms with Gasteiger partial charge >= 0.3 is 30.2 Å². The Labute approximate surface area is 387 Å². The average Bonchev–Trinajstić information content (AvgIpc) is 3.79. The number of hydrogen-bond donors (Lipinski definition) is 0. The van der Waals surface area contributed by atoms with Crippen LogP contribution < -0.4 is 0 Å². The summed E-state index contributed by atoms with van der Waals surface area (Å²) in [4.78, 5) is 1.34. The van der Waals surface area contributed by atoms with E-state index in [0.717, 1.165) is 0 Å². The van der Waals surface area contributed by atoms with Gasteiger partial charge in [-0.15, -0.1) is 69.9 Å². The van der Waals surface area contributed by atoms with Crippen molar-refractivity contribution in [2.45, 2.75) is 112 Å². The van der Waals surface area contributed by atoms with Gasteiger partial charge in [0.1, 0.15) is 0 Å². The van der Waals surface area contributed by atoms with Gasteiger partial charge in [-0.1, -0.05) is 179 Å². The molecule has 1 heterocycles. The summed E-state index contributed by atoms with van der Waals surface area (Å²) in [6.45, 7) is 32.4. The first-order chi connectivity index (χ1) is 25.3. The standard InChI is InChI=1S/C30H33.C21H25S.2CH3.2ClH.Si.Zr/c1-20-16-24-18-23(21-8-12-25(13-9-21)29(2,3)4)19-28(27(24)17-20)22-10-14-26(15-11-22)30(5,6)7;1-13(2)16-11-18-19(12-16)22-14(3)20(18)15-7-9-17(10-8-15)21(4,5)6;;;;;;/h8-19H,1-7H3;7-11,13-14H,1-6H3;2*1H3;2*1H;;/q4*-1;;;;. The van der Waals surface area contributed by atoms with E-state index >= 15 is 0 Å². The molecule has 5 heteroatoms. The van der Waals surface area contributed by atoms with Crippen molar-refractivity contribution in [1.82, 2.24) is 0 Å². The number of halogens is 2. The first kappa shape index (κ1) is 53.8. The molecule has 1 atom stereocenters. The third-order valence-electron chi connectivity index (χ3n) is 10.6. The molecule has 1 aliphatic carbocycles. The fraction of sp³-hybridized carbons (Fsp3) is 0.340. The first-order valence-electron chi connectivity index (χ1n) is 19.4. The van der Waals surface area contributed by atoms with E-state index < -0.39 is 0 Å². The second-order valence-corrected chi connectivity index (χ2v) is 19.7. The van der Waals surface area contributed by atoms with Gasteiger partial charge in [0.25, 0.3) is 0 Å². The van der Waals surface area contributed by atoms with Crippen LogP contribution in [0.15, 0.2) is 119 Å². The van der Waals surface area contributed by atoms with Gasteiger partial charge in [-0.25, -0.2) is 6.08 Å². The Bertz CT molecular complexity index is 2200. The SMILES string of the molecule is CC(C)C1=CC2=C(c3ccc(C(C)(C)C)cc3)C(C)SC2=[C-]1.Cc1cc2c(-c3ccc(C(C)(C)C)cc3)cc(-c3ccc(C(C)(C)C)cc3)cc2[cH-]1.Cl.Cl.[CH3-].[CH3-].[Si]=[Zr]. The van der Waals surface area contributed by atoms with E-state index in [1.54, 1.807) is 0 Å². The van der Waals surface area contributed by atoms with Crippen molar-refractivity contribution in [3.05, 3.63) is 168 Å². The zero-order valence-corrected chi connectivity index (χ0v) is 43.6. The van der Waals surface area contributed by atoms with Crippen LogP contribution in [0.2, 0.25) is 0 Å². The summed E-state index contributed by atoms with van der Waals surface area (Å²) in [7, 11) is 0. The maximum absolute atomic E-state index is 3.60. The van der Waals surface area contributed by atoms with Crippen molar-refractivity contribution in [2.24, 2.45) is 5.92 Å². The monoisotopic (exact) mass is 922 g/mol. The Kier molecular flexibility index (Phi) is 19.9. The molecular weight excluding hydrogens is 859 g/mol. The number of rotatable bonds is 4. The Morgan fingerprint density at radius 2 is 1.07 bits per heavy atom. The fourth-order valence-corrected chi connectivity index (χ4v) is 8.45. The number of benzene rings is 4. The molecule has 2 aliphatic rings. The van der Waals surface area contributed by atoms with Crippen LogP contribution in [-0.2, 0) is 39.6 Å². The van der Waals surface area contributed by atoms with Gasteiger partial charge in [-0.3, -0.25) is 0 Å². The summed E-state index contributed by atoms with van der Waals surface area (Å²) in [6.07, 6.45) is 5.95. The Balaban J connectivity index is 0.000000540. The number of fused-ring (bicyclic) bond motifs is 2. The van der Waals surface area contributed by atoms with Crippen LogP contribution in [0.1, 0.15) is 111 Å². The predicted molar refractivity (Wildman–Crippen MR) is 264 cm³/mol. The molecule has 7 rings (SSSR count). The van der Waals surface area contributed by atoms with Crippen molar-refractivity contribution >= 4 is 59.8 Å². The molecule has 1 aliphatic heterocycles. The van der Waals surface area contributed by atoms with Gasteiger partial charge in [-0.05, 0) is 62.5 Å². The topological polar surface area (TPSA) is 0 Å². The quantitative estimate of drug-likeness (QED) is 0.128. The first-order valence-corrected chi connectivity index (χ1v) is 24.4. The molecule has 0 saturated heterocycles. The van der Waals surface area contributed by atoms with Crippen molar-refractivity contribution < 1.29 is 23.3 Å². The summed E-state index contributed by atoms with van der Waals surface area (Å²) in [6, 6.07) is 36.7. The number of allylic oxidation sites excluding steroid dienone is 4. The van der Waals surface area contributed by atoms with Crippen LogP contribution in [-0.4, -0.2) is 12.1 Å². The Morgan fingerprint density at radius 1 is 0.638 bits per heavy atom. The summed E-state index contributed by atoms with van der Waals surface area (Å²) in [5.74, 6) is 0.547. The van der Waals surface area contributed by atoms with E-state index in [-0.39, 0.29) is 55.9 Å². The number of thioether (sulfide) groups is 1. The maximum atomic E-state index is 3.60. The molecule has 1 unspecified atom stereocenters. The zero-order chi connectivity index (χ0) is 39.7. The summed E-state index contributed by atoms with van der Waals surface area (Å²) in [5, 5.41) is 3.17. The van der Waals surface area contributed by atoms with Gasteiger partial charge in [-0.2, -0.15) is 23.3 Å². The predicted octanol–water partition coefficient (Wildman–Crippen LogP) is 16.3. The molecule has 0 amide bonds. The van der Waals surface area contributed by atoms with Crippen LogP contribution in [0.3, 0.4) is 0 Å². The van der Waals surface area contributed by atoms with Crippen LogP contribution >= 0.6 is 36.6 Å². The van der Waals surface area contributed by atoms with Crippen molar-refractivity contribution in [3.63, 3.8) is 0 Å². The van der Waals surface area contributed by atoms with E-state index in [2.05, 4.69) is 206 Å². The fourth-order valence-electron chi connectivity index (χ4n) is 7.24. The molecule has 0 bridgehead atoms. The number of hydrogen-bond acceptors (Lipinski definition) is 1. The van der Waals surface area contributed by atoms with Crippen molar-refractivity contribution in [2.75, 3.05) is 0 Å². The minimum atomic E-state index is 0. The van der Waals surface area contributed by atoms with Gasteiger partial charge in [0.15, 0.2) is 0 Å². The molecule has 310 valence electrons. The second-order valence-electron chi connectivity index (χ2n) is 18.3. The molecule has 5 aromatic rings. The third kappa shape index (κ3) is 12.4. The van der Waals surface area contributed by atoms with Gasteiger partial charge in [0, 0.05) is 5.25 Å². The molecule has 0 N–H and O–H groups in total. The van der Waals surface area contributed by atoms with E-state index in [9.17, 15) is 0 Å². The third-order valence-corrected chi connectivity index (χ3v) is 11.7. The molecular formula is C53H66Cl2SSiZr-4. The van der Waals surface area contributed by atoms with Gasteiger partial charge in [0.05, 0.1) is 0 Å². The number of aryl methyl sites for hydroxylation is 1. The van der Waals surface area contributed by atoms with Crippen LogP contribution in [0.5, 0.6) is 0 Å². The van der Waals surface area contributed by atoms with Crippen molar-refractivity contribution in [3.8, 4) is 22.3 Å². The van der Waals surface area contributed by atoms with Gasteiger partial charge < -0.3 is 14.9 Å². The molecule has 58 heavy (non-hydrogen) atoms. The molecule has 0 saturated carbocycles. The van der Waals surface area contributed by atoms with Crippen molar-refractivity contribution in [1.29, 1.82) is 0 Å².